The van der Waals surface area contributed by atoms with Crippen LogP contribution in [0, 0.1) is 11.6 Å². The van der Waals surface area contributed by atoms with Crippen LogP contribution in [0.5, 0.6) is 5.75 Å². The Hall–Kier alpha value is -11.6. The topological polar surface area (TPSA) is 444 Å². The Kier molecular flexibility index (Phi) is 26.0. The highest BCUT2D eigenvalue weighted by molar-refractivity contribution is 6.01. The van der Waals surface area contributed by atoms with Crippen molar-refractivity contribution >= 4 is 92.8 Å². The number of aromatic nitrogens is 4. The Morgan fingerprint density at radius 3 is 1.79 bits per heavy atom. The standard InChI is InChI=1S/C72H86F2N16O14/c1-39-63(95)85-55(27-44-35-78-52-19-15-46(73)29-50(44)52)65(97)86-56(28-45-36-79-53-20-16-47(74)30-51(45)53)66(98)88-59(33-62(93)94)69(101)87-57(31-48-37-76-38-81-48)67(99)89-60(26-42-13-17-49(104-4)18-14-42)70(102)90-25-7-22-72(90,3)71(103)77-24-21-41-9-11-43(12-10-41)34-80-61(92)32-58(83-40(2)91)68(100)84-54(64(96)82-39)8-5-6-23-75/h9-20,29-30,35-39,54-60,78-79H,5-8,21-28,31-34,75H2,1-4H3,(H,76,81)(H,77,103)(H,80,92)(H,82,96)(H,83,91)(H,84,100)(H,85,95)(H,86,97)(H,87,101)(H,88,98)(H,89,99)(H,93,94)/t39-,54+,55?,56+,57+,58+,59+,60+,72+/m1/s1. The summed E-state index contributed by atoms with van der Waals surface area (Å²) in [6, 6.07) is 8.22. The van der Waals surface area contributed by atoms with Crippen LogP contribution in [0.2, 0.25) is 0 Å². The molecule has 0 spiro atoms. The smallest absolute Gasteiger partial charge is 0.305 e. The average molecular weight is 1440 g/mol. The van der Waals surface area contributed by atoms with Crippen molar-refractivity contribution in [2.45, 2.75) is 158 Å². The van der Waals surface area contributed by atoms with E-state index in [-0.39, 0.29) is 85.9 Å². The van der Waals surface area contributed by atoms with Gasteiger partial charge in [-0.15, -0.1) is 0 Å². The van der Waals surface area contributed by atoms with Crippen LogP contribution in [0.3, 0.4) is 0 Å². The number of ether oxygens (including phenoxy) is 1. The Morgan fingerprint density at radius 1 is 0.654 bits per heavy atom. The molecule has 552 valence electrons. The lowest BCUT2D eigenvalue weighted by molar-refractivity contribution is -0.146. The molecular formula is C72H86F2N16O14. The molecule has 0 saturated carbocycles. The molecule has 10 rings (SSSR count). The molecule has 3 aromatic heterocycles. The van der Waals surface area contributed by atoms with E-state index in [1.165, 1.54) is 74.2 Å². The first-order chi connectivity index (χ1) is 49.8. The molecule has 3 aliphatic rings. The number of nitrogens with zero attached hydrogens (tertiary/aromatic N) is 2. The molecule has 32 heteroatoms. The molecule has 1 fully saturated rings. The molecular weight excluding hydrogens is 1350 g/mol. The van der Waals surface area contributed by atoms with E-state index in [9.17, 15) is 47.9 Å². The summed E-state index contributed by atoms with van der Waals surface area (Å²) in [4.78, 5) is 186. The number of aliphatic carboxylic acids is 1. The van der Waals surface area contributed by atoms with Gasteiger partial charge in [0.25, 0.3) is 0 Å². The second-order valence-electron chi connectivity index (χ2n) is 26.2. The van der Waals surface area contributed by atoms with Crippen molar-refractivity contribution in [3.63, 3.8) is 0 Å². The number of imidazole rings is 1. The fourth-order valence-electron chi connectivity index (χ4n) is 12.7. The van der Waals surface area contributed by atoms with Crippen LogP contribution in [-0.2, 0) is 96.2 Å². The number of nitrogens with two attached hydrogens (primary N) is 1. The van der Waals surface area contributed by atoms with Gasteiger partial charge in [0.1, 0.15) is 71.3 Å². The number of carboxylic acid groups (broad SMARTS) is 1. The second kappa shape index (κ2) is 35.4. The quantitative estimate of drug-likeness (QED) is 0.0478. The minimum Gasteiger partial charge on any atom is -0.497 e. The summed E-state index contributed by atoms with van der Waals surface area (Å²) in [5.74, 6) is -12.3. The van der Waals surface area contributed by atoms with E-state index in [0.29, 0.717) is 47.2 Å². The van der Waals surface area contributed by atoms with E-state index in [4.69, 9.17) is 10.5 Å². The highest BCUT2D eigenvalue weighted by Crippen LogP contribution is 2.31. The van der Waals surface area contributed by atoms with Crippen molar-refractivity contribution in [3.8, 4) is 5.75 Å². The summed E-state index contributed by atoms with van der Waals surface area (Å²) in [6.07, 6.45) is 4.03. The van der Waals surface area contributed by atoms with Crippen LogP contribution in [0.25, 0.3) is 21.8 Å². The van der Waals surface area contributed by atoms with Gasteiger partial charge >= 0.3 is 5.97 Å². The van der Waals surface area contributed by atoms with Gasteiger partial charge in [-0.25, -0.2) is 13.8 Å². The van der Waals surface area contributed by atoms with Crippen molar-refractivity contribution in [1.29, 1.82) is 0 Å². The normalized spacial score (nSPS) is 22.9. The van der Waals surface area contributed by atoms with Crippen molar-refractivity contribution in [3.05, 3.63) is 155 Å². The lowest BCUT2D eigenvalue weighted by atomic mass is 9.95. The number of rotatable bonds is 16. The fourth-order valence-corrected chi connectivity index (χ4v) is 12.7. The number of nitrogens with one attached hydrogen (secondary N) is 13. The fraction of sp³-hybridized carbons (Fsp3) is 0.403. The summed E-state index contributed by atoms with van der Waals surface area (Å²) >= 11 is 0. The van der Waals surface area contributed by atoms with Crippen molar-refractivity contribution in [1.82, 2.24) is 78.0 Å². The van der Waals surface area contributed by atoms with Crippen molar-refractivity contribution in [2.24, 2.45) is 5.73 Å². The molecule has 1 saturated heterocycles. The van der Waals surface area contributed by atoms with Crippen LogP contribution in [-0.4, -0.2) is 182 Å². The lowest BCUT2D eigenvalue weighted by Crippen LogP contribution is -2.62. The number of unbranched alkanes of at least 4 members (excludes halogenated alkanes) is 1. The van der Waals surface area contributed by atoms with Gasteiger partial charge in [0, 0.05) is 98.3 Å². The van der Waals surface area contributed by atoms with Gasteiger partial charge in [0.05, 0.1) is 26.3 Å². The number of amides is 11. The molecule has 4 aromatic carbocycles. The first-order valence-electron chi connectivity index (χ1n) is 34.1. The molecule has 6 heterocycles. The summed E-state index contributed by atoms with van der Waals surface area (Å²) < 4.78 is 35.4. The SMILES string of the molecule is COc1ccc(C[C@@H]2NC(=O)[C@H](Cc3cnc[nH]3)NC(=O)[C@H](CC(=O)O)NC(=O)[C@H](Cc3c[nH]c4ccc(F)cc34)NC(=O)C(Cc3c[nH]c4ccc(F)cc34)NC(=O)[C@@H](C)NC(=O)[C@H](CCCCN)NC(=O)[C@@H](NC(C)=O)CC(=O)NCc3ccc(cc3)CCNC(=O)[C@]3(C)CCCN3C2=O)cc1. The number of aromatic amines is 3. The van der Waals surface area contributed by atoms with Gasteiger partial charge in [-0.1, -0.05) is 36.4 Å². The monoisotopic (exact) mass is 1440 g/mol. The number of benzene rings is 4. The first-order valence-corrected chi connectivity index (χ1v) is 34.1. The van der Waals surface area contributed by atoms with Crippen LogP contribution in [0.4, 0.5) is 8.78 Å². The van der Waals surface area contributed by atoms with Crippen molar-refractivity contribution in [2.75, 3.05) is 26.7 Å². The molecule has 9 atom stereocenters. The number of carbonyl (C=O) groups is 12. The number of carboxylic acids is 1. The highest BCUT2D eigenvalue weighted by Gasteiger charge is 2.48. The Morgan fingerprint density at radius 2 is 1.21 bits per heavy atom. The number of halogens is 2. The summed E-state index contributed by atoms with van der Waals surface area (Å²) in [5.41, 5.74) is 7.96. The maximum absolute atomic E-state index is 15.2. The van der Waals surface area contributed by atoms with Gasteiger partial charge < -0.3 is 88.6 Å². The molecule has 0 aliphatic carbocycles. The number of hydrogen-bond donors (Lipinski definition) is 15. The van der Waals surface area contributed by atoms with E-state index >= 15 is 23.6 Å². The van der Waals surface area contributed by atoms with Crippen molar-refractivity contribution < 1.29 is 76.2 Å². The van der Waals surface area contributed by atoms with Gasteiger partial charge in [-0.05, 0) is 135 Å². The number of carbonyl (C=O) groups excluding carboxylic acids is 11. The van der Waals surface area contributed by atoms with Gasteiger partial charge in [-0.2, -0.15) is 0 Å². The van der Waals surface area contributed by atoms with E-state index in [1.54, 1.807) is 55.5 Å². The molecule has 11 amide bonds. The van der Waals surface area contributed by atoms with E-state index in [1.807, 2.05) is 0 Å². The van der Waals surface area contributed by atoms with Crippen LogP contribution in [0.15, 0.2) is 110 Å². The molecule has 0 radical (unpaired) electrons. The van der Waals surface area contributed by atoms with Crippen LogP contribution < -0.4 is 63.6 Å². The molecule has 3 aliphatic heterocycles. The lowest BCUT2D eigenvalue weighted by Gasteiger charge is -2.36. The summed E-state index contributed by atoms with van der Waals surface area (Å²) in [5, 5.41) is 37.3. The van der Waals surface area contributed by atoms with Gasteiger partial charge in [0.2, 0.25) is 65.0 Å². The zero-order valence-electron chi connectivity index (χ0n) is 57.8. The number of fused-ring (bicyclic) bond motifs is 33. The minimum absolute atomic E-state index is 0.00462. The summed E-state index contributed by atoms with van der Waals surface area (Å²) in [7, 11) is 1.47. The largest absolute Gasteiger partial charge is 0.497 e. The minimum atomic E-state index is -2.04. The zero-order chi connectivity index (χ0) is 74.8. The van der Waals surface area contributed by atoms with E-state index in [2.05, 4.69) is 73.1 Å². The maximum atomic E-state index is 15.2. The predicted molar refractivity (Wildman–Crippen MR) is 374 cm³/mol. The third kappa shape index (κ3) is 20.4. The third-order valence-electron chi connectivity index (χ3n) is 18.4. The molecule has 30 nitrogen and oxygen atoms in total. The second-order valence-corrected chi connectivity index (χ2v) is 26.2. The third-order valence-corrected chi connectivity index (χ3v) is 18.4. The molecule has 16 N–H and O–H groups in total. The molecule has 104 heavy (non-hydrogen) atoms. The van der Waals surface area contributed by atoms with Gasteiger partial charge in [-0.3, -0.25) is 57.5 Å². The average Bonchev–Trinajstić information content (AvgIpc) is 1.59. The maximum Gasteiger partial charge on any atom is 0.305 e. The van der Waals surface area contributed by atoms with Gasteiger partial charge in [0.15, 0.2) is 0 Å². The van der Waals surface area contributed by atoms with Crippen LogP contribution in [0.1, 0.15) is 99.2 Å². The van der Waals surface area contributed by atoms with E-state index in [0.717, 1.165) is 18.6 Å². The summed E-state index contributed by atoms with van der Waals surface area (Å²) in [6.45, 7) is 4.45. The zero-order valence-corrected chi connectivity index (χ0v) is 57.8. The number of methoxy groups -OCH3 is 1. The van der Waals surface area contributed by atoms with Crippen LogP contribution >= 0.6 is 0 Å². The van der Waals surface area contributed by atoms with E-state index < -0.39 is 162 Å². The first kappa shape index (κ1) is 76.6. The molecule has 7 aromatic rings. The predicted octanol–water partition coefficient (Wildman–Crippen LogP) is 1.21. The number of hydrogen-bond acceptors (Lipinski definition) is 15. The Balaban J connectivity index is 1.08. The Bertz CT molecular complexity index is 4280. The molecule has 1 unspecified atom stereocenters. The highest BCUT2D eigenvalue weighted by atomic mass is 19.1. The number of H-pyrrole nitrogens is 3. The molecule has 2 bridgehead atoms. The Labute approximate surface area is 596 Å².